The summed E-state index contributed by atoms with van der Waals surface area (Å²) in [5.74, 6) is -0.616. The number of fused-ring (bicyclic) bond motifs is 1. The molecule has 0 fully saturated rings. The normalized spacial score (nSPS) is 17.7. The van der Waals surface area contributed by atoms with Gasteiger partial charge in [-0.05, 0) is 17.5 Å². The number of amides is 1. The first-order valence-corrected chi connectivity index (χ1v) is 5.85. The van der Waals surface area contributed by atoms with Crippen molar-refractivity contribution in [2.75, 3.05) is 13.7 Å². The zero-order chi connectivity index (χ0) is 13.0. The number of nitrogens with one attached hydrogen (secondary N) is 2. The van der Waals surface area contributed by atoms with E-state index in [9.17, 15) is 9.59 Å². The molecule has 2 N–H and O–H groups in total. The molecule has 5 heteroatoms. The van der Waals surface area contributed by atoms with Crippen LogP contribution in [0.2, 0.25) is 0 Å². The van der Waals surface area contributed by atoms with Crippen LogP contribution in [0.1, 0.15) is 11.1 Å². The van der Waals surface area contributed by atoms with Gasteiger partial charge in [-0.1, -0.05) is 24.3 Å². The van der Waals surface area contributed by atoms with Crippen LogP contribution in [0.3, 0.4) is 0 Å². The molecule has 0 radical (unpaired) electrons. The smallest absolute Gasteiger partial charge is 0.325 e. The van der Waals surface area contributed by atoms with E-state index in [1.807, 2.05) is 24.3 Å². The Balaban J connectivity index is 1.92. The first kappa shape index (κ1) is 12.6. The first-order chi connectivity index (χ1) is 8.70. The summed E-state index contributed by atoms with van der Waals surface area (Å²) in [5.41, 5.74) is 2.39. The Morgan fingerprint density at radius 3 is 2.83 bits per heavy atom. The summed E-state index contributed by atoms with van der Waals surface area (Å²) in [4.78, 5) is 22.8. The number of carbonyl (C=O) groups is 2. The Bertz CT molecular complexity index is 459. The summed E-state index contributed by atoms with van der Waals surface area (Å²) in [5, 5.41) is 5.71. The predicted octanol–water partition coefficient (Wildman–Crippen LogP) is -0.00990. The van der Waals surface area contributed by atoms with Crippen LogP contribution in [0.25, 0.3) is 0 Å². The molecule has 1 aromatic rings. The first-order valence-electron chi connectivity index (χ1n) is 5.85. The van der Waals surface area contributed by atoms with Gasteiger partial charge < -0.3 is 15.4 Å². The number of carbonyl (C=O) groups excluding carboxylic acids is 2. The van der Waals surface area contributed by atoms with Gasteiger partial charge in [-0.3, -0.25) is 9.59 Å². The summed E-state index contributed by atoms with van der Waals surface area (Å²) in [6.07, 6.45) is 0.642. The minimum Gasteiger partial charge on any atom is -0.468 e. The third-order valence-electron chi connectivity index (χ3n) is 3.03. The van der Waals surface area contributed by atoms with Gasteiger partial charge in [0.2, 0.25) is 5.91 Å². The maximum Gasteiger partial charge on any atom is 0.325 e. The van der Waals surface area contributed by atoms with E-state index >= 15 is 0 Å². The Morgan fingerprint density at radius 1 is 1.39 bits per heavy atom. The van der Waals surface area contributed by atoms with Gasteiger partial charge in [0.05, 0.1) is 13.2 Å². The number of hydrogen-bond donors (Lipinski definition) is 2. The third kappa shape index (κ3) is 2.87. The lowest BCUT2D eigenvalue weighted by atomic mass is 9.95. The lowest BCUT2D eigenvalue weighted by Gasteiger charge is -2.25. The number of esters is 1. The van der Waals surface area contributed by atoms with Crippen molar-refractivity contribution in [1.82, 2.24) is 10.6 Å². The van der Waals surface area contributed by atoms with E-state index in [0.717, 1.165) is 0 Å². The number of hydrogen-bond acceptors (Lipinski definition) is 4. The van der Waals surface area contributed by atoms with E-state index in [4.69, 9.17) is 0 Å². The highest BCUT2D eigenvalue weighted by Crippen LogP contribution is 2.16. The Morgan fingerprint density at radius 2 is 2.11 bits per heavy atom. The lowest BCUT2D eigenvalue weighted by Crippen LogP contribution is -2.48. The summed E-state index contributed by atoms with van der Waals surface area (Å²) >= 11 is 0. The van der Waals surface area contributed by atoms with E-state index in [1.165, 1.54) is 18.2 Å². The molecule has 0 aromatic heterocycles. The maximum atomic E-state index is 11.8. The molecule has 1 aliphatic heterocycles. The molecule has 0 spiro atoms. The predicted molar refractivity (Wildman–Crippen MR) is 65.8 cm³/mol. The summed E-state index contributed by atoms with van der Waals surface area (Å²) in [7, 11) is 1.30. The Hall–Kier alpha value is -1.88. The van der Waals surface area contributed by atoms with Crippen molar-refractivity contribution in [2.45, 2.75) is 19.0 Å². The van der Waals surface area contributed by atoms with Gasteiger partial charge in [-0.2, -0.15) is 0 Å². The minimum absolute atomic E-state index is 0.0881. The molecule has 1 aliphatic rings. The molecule has 0 bridgehead atoms. The average Bonchev–Trinajstić information content (AvgIpc) is 2.43. The van der Waals surface area contributed by atoms with Crippen LogP contribution < -0.4 is 10.6 Å². The van der Waals surface area contributed by atoms with Crippen LogP contribution >= 0.6 is 0 Å². The SMILES string of the molecule is COC(=O)CNC(=O)C1Cc2ccccc2CN1. The fraction of sp³-hybridized carbons (Fsp3) is 0.385. The van der Waals surface area contributed by atoms with Gasteiger partial charge in [-0.25, -0.2) is 0 Å². The van der Waals surface area contributed by atoms with Gasteiger partial charge in [0.25, 0.3) is 0 Å². The molecule has 1 unspecified atom stereocenters. The number of methoxy groups -OCH3 is 1. The monoisotopic (exact) mass is 248 g/mol. The molecule has 1 amide bonds. The lowest BCUT2D eigenvalue weighted by molar-refractivity contribution is -0.141. The molecule has 0 saturated carbocycles. The minimum atomic E-state index is -0.445. The summed E-state index contributed by atoms with van der Waals surface area (Å²) in [6, 6.07) is 7.73. The second-order valence-electron chi connectivity index (χ2n) is 4.20. The van der Waals surface area contributed by atoms with Crippen molar-refractivity contribution in [3.8, 4) is 0 Å². The number of ether oxygens (including phenoxy) is 1. The van der Waals surface area contributed by atoms with Crippen molar-refractivity contribution < 1.29 is 14.3 Å². The molecule has 18 heavy (non-hydrogen) atoms. The fourth-order valence-corrected chi connectivity index (χ4v) is 1.99. The number of rotatable bonds is 3. The van der Waals surface area contributed by atoms with Crippen LogP contribution in [0, 0.1) is 0 Å². The van der Waals surface area contributed by atoms with E-state index in [0.29, 0.717) is 13.0 Å². The molecule has 5 nitrogen and oxygen atoms in total. The molecule has 0 aliphatic carbocycles. The van der Waals surface area contributed by atoms with Gasteiger partial charge in [0.1, 0.15) is 6.54 Å². The molecule has 1 aromatic carbocycles. The van der Waals surface area contributed by atoms with Crippen LogP contribution in [-0.4, -0.2) is 31.6 Å². The zero-order valence-electron chi connectivity index (χ0n) is 10.2. The standard InChI is InChI=1S/C13H16N2O3/c1-18-12(16)8-15-13(17)11-6-9-4-2-3-5-10(9)7-14-11/h2-5,11,14H,6-8H2,1H3,(H,15,17). The Labute approximate surface area is 106 Å². The molecular formula is C13H16N2O3. The van der Waals surface area contributed by atoms with E-state index < -0.39 is 5.97 Å². The quantitative estimate of drug-likeness (QED) is 0.738. The van der Waals surface area contributed by atoms with Crippen molar-refractivity contribution in [3.05, 3.63) is 35.4 Å². The summed E-state index contributed by atoms with van der Waals surface area (Å²) in [6.45, 7) is 0.585. The van der Waals surface area contributed by atoms with Crippen LogP contribution in [0.4, 0.5) is 0 Å². The van der Waals surface area contributed by atoms with Crippen LogP contribution in [-0.2, 0) is 27.3 Å². The van der Waals surface area contributed by atoms with Crippen LogP contribution in [0.5, 0.6) is 0 Å². The third-order valence-corrected chi connectivity index (χ3v) is 3.03. The zero-order valence-corrected chi connectivity index (χ0v) is 10.2. The molecule has 1 atom stereocenters. The van der Waals surface area contributed by atoms with Crippen molar-refractivity contribution in [1.29, 1.82) is 0 Å². The Kier molecular flexibility index (Phi) is 3.94. The highest BCUT2D eigenvalue weighted by Gasteiger charge is 2.23. The second-order valence-corrected chi connectivity index (χ2v) is 4.20. The molecule has 1 heterocycles. The highest BCUT2D eigenvalue weighted by atomic mass is 16.5. The van der Waals surface area contributed by atoms with Crippen molar-refractivity contribution in [2.24, 2.45) is 0 Å². The van der Waals surface area contributed by atoms with Gasteiger partial charge in [-0.15, -0.1) is 0 Å². The second kappa shape index (κ2) is 5.64. The van der Waals surface area contributed by atoms with E-state index in [2.05, 4.69) is 15.4 Å². The van der Waals surface area contributed by atoms with Gasteiger partial charge in [0.15, 0.2) is 0 Å². The van der Waals surface area contributed by atoms with E-state index in [1.54, 1.807) is 0 Å². The largest absolute Gasteiger partial charge is 0.468 e. The molecule has 0 saturated heterocycles. The van der Waals surface area contributed by atoms with Gasteiger partial charge in [0, 0.05) is 6.54 Å². The van der Waals surface area contributed by atoms with Crippen molar-refractivity contribution in [3.63, 3.8) is 0 Å². The fourth-order valence-electron chi connectivity index (χ4n) is 1.99. The van der Waals surface area contributed by atoms with Gasteiger partial charge >= 0.3 is 5.97 Å². The maximum absolute atomic E-state index is 11.8. The highest BCUT2D eigenvalue weighted by molar-refractivity contribution is 5.86. The molecule has 2 rings (SSSR count). The van der Waals surface area contributed by atoms with Crippen molar-refractivity contribution >= 4 is 11.9 Å². The average molecular weight is 248 g/mol. The van der Waals surface area contributed by atoms with E-state index in [-0.39, 0.29) is 18.5 Å². The molecule has 96 valence electrons. The topological polar surface area (TPSA) is 67.4 Å². The summed E-state index contributed by atoms with van der Waals surface area (Å²) < 4.78 is 4.47. The molecular weight excluding hydrogens is 232 g/mol. The van der Waals surface area contributed by atoms with Crippen LogP contribution in [0.15, 0.2) is 24.3 Å². The number of benzene rings is 1.